The van der Waals surface area contributed by atoms with Crippen LogP contribution in [0.25, 0.3) is 0 Å². The van der Waals surface area contributed by atoms with Crippen LogP contribution in [0.5, 0.6) is 0 Å². The monoisotopic (exact) mass is 225 g/mol. The summed E-state index contributed by atoms with van der Waals surface area (Å²) in [6.45, 7) is 0.993. The molecule has 1 aromatic rings. The van der Waals surface area contributed by atoms with Crippen molar-refractivity contribution in [1.82, 2.24) is 9.97 Å². The van der Waals surface area contributed by atoms with Crippen molar-refractivity contribution in [2.75, 3.05) is 17.3 Å². The first-order valence-electron chi connectivity index (χ1n) is 5.50. The minimum absolute atomic E-state index is 0.657. The van der Waals surface area contributed by atoms with Gasteiger partial charge < -0.3 is 4.90 Å². The Bertz CT molecular complexity index is 287. The van der Waals surface area contributed by atoms with Crippen molar-refractivity contribution in [1.29, 1.82) is 0 Å². The largest absolute Gasteiger partial charge is 0.352 e. The zero-order valence-electron chi connectivity index (χ0n) is 8.77. The fourth-order valence-electron chi connectivity index (χ4n) is 1.85. The molecular formula is C11H16ClN3. The molecule has 0 radical (unpaired) electrons. The SMILES string of the molecule is ClCCCN(c1cnccn1)C1CCC1. The van der Waals surface area contributed by atoms with Crippen LogP contribution >= 0.6 is 11.6 Å². The molecule has 0 aromatic carbocycles. The average Bonchev–Trinajstić information content (AvgIpc) is 2.22. The van der Waals surface area contributed by atoms with Crippen molar-refractivity contribution in [2.24, 2.45) is 0 Å². The lowest BCUT2D eigenvalue weighted by Crippen LogP contribution is -2.41. The Morgan fingerprint density at radius 3 is 2.80 bits per heavy atom. The molecule has 82 valence electrons. The van der Waals surface area contributed by atoms with Gasteiger partial charge in [0.15, 0.2) is 0 Å². The highest BCUT2D eigenvalue weighted by Gasteiger charge is 2.25. The van der Waals surface area contributed by atoms with E-state index >= 15 is 0 Å². The fourth-order valence-corrected chi connectivity index (χ4v) is 1.97. The van der Waals surface area contributed by atoms with Crippen molar-refractivity contribution >= 4 is 17.4 Å². The first-order chi connectivity index (χ1) is 7.42. The third-order valence-corrected chi connectivity index (χ3v) is 3.16. The Labute approximate surface area is 95.5 Å². The van der Waals surface area contributed by atoms with Crippen molar-refractivity contribution in [3.8, 4) is 0 Å². The van der Waals surface area contributed by atoms with Gasteiger partial charge in [-0.05, 0) is 25.7 Å². The first kappa shape index (κ1) is 10.7. The van der Waals surface area contributed by atoms with Gasteiger partial charge in [0.25, 0.3) is 0 Å². The van der Waals surface area contributed by atoms with Crippen molar-refractivity contribution in [3.63, 3.8) is 0 Å². The van der Waals surface area contributed by atoms with Gasteiger partial charge in [0.2, 0.25) is 0 Å². The maximum Gasteiger partial charge on any atom is 0.147 e. The Hall–Kier alpha value is -0.830. The van der Waals surface area contributed by atoms with Crippen LogP contribution in [0.4, 0.5) is 5.82 Å². The van der Waals surface area contributed by atoms with E-state index in [1.165, 1.54) is 19.3 Å². The van der Waals surface area contributed by atoms with E-state index in [1.807, 2.05) is 6.20 Å². The molecule has 4 heteroatoms. The normalized spacial score (nSPS) is 16.1. The third-order valence-electron chi connectivity index (χ3n) is 2.89. The third kappa shape index (κ3) is 2.59. The molecule has 1 heterocycles. The van der Waals surface area contributed by atoms with Crippen molar-refractivity contribution in [3.05, 3.63) is 18.6 Å². The lowest BCUT2D eigenvalue weighted by molar-refractivity contribution is 0.383. The van der Waals surface area contributed by atoms with E-state index in [0.29, 0.717) is 11.9 Å². The van der Waals surface area contributed by atoms with Gasteiger partial charge in [-0.1, -0.05) is 0 Å². The summed E-state index contributed by atoms with van der Waals surface area (Å²) in [6, 6.07) is 0.657. The highest BCUT2D eigenvalue weighted by Crippen LogP contribution is 2.28. The fraction of sp³-hybridized carbons (Fsp3) is 0.636. The first-order valence-corrected chi connectivity index (χ1v) is 6.04. The molecule has 3 nitrogen and oxygen atoms in total. The van der Waals surface area contributed by atoms with Crippen molar-refractivity contribution < 1.29 is 0 Å². The van der Waals surface area contributed by atoms with E-state index in [2.05, 4.69) is 14.9 Å². The number of alkyl halides is 1. The Kier molecular flexibility index (Phi) is 3.78. The minimum atomic E-state index is 0.657. The van der Waals surface area contributed by atoms with E-state index in [1.54, 1.807) is 12.4 Å². The number of hydrogen-bond acceptors (Lipinski definition) is 3. The van der Waals surface area contributed by atoms with Crippen LogP contribution in [-0.2, 0) is 0 Å². The highest BCUT2D eigenvalue weighted by atomic mass is 35.5. The second kappa shape index (κ2) is 5.31. The number of hydrogen-bond donors (Lipinski definition) is 0. The Morgan fingerprint density at radius 2 is 2.27 bits per heavy atom. The molecule has 0 saturated heterocycles. The molecule has 15 heavy (non-hydrogen) atoms. The molecule has 1 fully saturated rings. The Morgan fingerprint density at radius 1 is 1.40 bits per heavy atom. The molecule has 1 aliphatic rings. The highest BCUT2D eigenvalue weighted by molar-refractivity contribution is 6.17. The molecular weight excluding hydrogens is 210 g/mol. The van der Waals surface area contributed by atoms with E-state index < -0.39 is 0 Å². The summed E-state index contributed by atoms with van der Waals surface area (Å²) in [7, 11) is 0. The molecule has 0 bridgehead atoms. The molecule has 1 aliphatic carbocycles. The van der Waals surface area contributed by atoms with Gasteiger partial charge in [-0.3, -0.25) is 4.98 Å². The van der Waals surface area contributed by atoms with Gasteiger partial charge in [0.1, 0.15) is 5.82 Å². The molecule has 0 spiro atoms. The number of halogens is 1. The smallest absolute Gasteiger partial charge is 0.147 e. The summed E-state index contributed by atoms with van der Waals surface area (Å²) >= 11 is 5.74. The van der Waals surface area contributed by atoms with Crippen LogP contribution in [0.3, 0.4) is 0 Å². The molecule has 1 saturated carbocycles. The van der Waals surface area contributed by atoms with Gasteiger partial charge in [0, 0.05) is 30.9 Å². The van der Waals surface area contributed by atoms with Crippen LogP contribution in [0, 0.1) is 0 Å². The van der Waals surface area contributed by atoms with Gasteiger partial charge in [-0.15, -0.1) is 11.6 Å². The van der Waals surface area contributed by atoms with E-state index in [4.69, 9.17) is 11.6 Å². The van der Waals surface area contributed by atoms with Gasteiger partial charge in [-0.2, -0.15) is 0 Å². The lowest BCUT2D eigenvalue weighted by Gasteiger charge is -2.38. The summed E-state index contributed by atoms with van der Waals surface area (Å²) in [6.07, 6.45) is 10.2. The summed E-state index contributed by atoms with van der Waals surface area (Å²) in [5.41, 5.74) is 0. The predicted molar refractivity (Wildman–Crippen MR) is 62.4 cm³/mol. The number of nitrogens with zero attached hydrogens (tertiary/aromatic N) is 3. The summed E-state index contributed by atoms with van der Waals surface area (Å²) in [5.74, 6) is 1.70. The number of aromatic nitrogens is 2. The van der Waals surface area contributed by atoms with Crippen molar-refractivity contribution in [2.45, 2.75) is 31.7 Å². The summed E-state index contributed by atoms with van der Waals surface area (Å²) < 4.78 is 0. The lowest BCUT2D eigenvalue weighted by atomic mass is 9.91. The van der Waals surface area contributed by atoms with E-state index in [9.17, 15) is 0 Å². The molecule has 2 rings (SSSR count). The second-order valence-electron chi connectivity index (χ2n) is 3.88. The minimum Gasteiger partial charge on any atom is -0.352 e. The van der Waals surface area contributed by atoms with Crippen LogP contribution in [-0.4, -0.2) is 28.4 Å². The van der Waals surface area contributed by atoms with Crippen LogP contribution in [0.15, 0.2) is 18.6 Å². The second-order valence-corrected chi connectivity index (χ2v) is 4.26. The maximum absolute atomic E-state index is 5.74. The Balaban J connectivity index is 2.04. The topological polar surface area (TPSA) is 29.0 Å². The van der Waals surface area contributed by atoms with Gasteiger partial charge in [0.05, 0.1) is 6.20 Å². The average molecular weight is 226 g/mol. The van der Waals surface area contributed by atoms with Gasteiger partial charge in [-0.25, -0.2) is 4.98 Å². The number of anilines is 1. The molecule has 0 unspecified atom stereocenters. The maximum atomic E-state index is 5.74. The van der Waals surface area contributed by atoms with Crippen LogP contribution in [0.1, 0.15) is 25.7 Å². The van der Waals surface area contributed by atoms with E-state index in [-0.39, 0.29) is 0 Å². The van der Waals surface area contributed by atoms with E-state index in [0.717, 1.165) is 18.8 Å². The number of rotatable bonds is 5. The summed E-state index contributed by atoms with van der Waals surface area (Å²) in [4.78, 5) is 10.8. The molecule has 0 aliphatic heterocycles. The van der Waals surface area contributed by atoms with Crippen LogP contribution in [0.2, 0.25) is 0 Å². The zero-order chi connectivity index (χ0) is 10.5. The van der Waals surface area contributed by atoms with Gasteiger partial charge >= 0.3 is 0 Å². The molecule has 0 amide bonds. The summed E-state index contributed by atoms with van der Waals surface area (Å²) in [5, 5.41) is 0. The standard InChI is InChI=1S/C11H16ClN3/c12-5-2-8-15(10-3-1-4-10)11-9-13-6-7-14-11/h6-7,9-10H,1-5,8H2. The van der Waals surface area contributed by atoms with Crippen LogP contribution < -0.4 is 4.90 Å². The molecule has 0 N–H and O–H groups in total. The molecule has 1 aromatic heterocycles. The zero-order valence-corrected chi connectivity index (χ0v) is 9.53. The predicted octanol–water partition coefficient (Wildman–Crippen LogP) is 2.46. The molecule has 0 atom stereocenters. The quantitative estimate of drug-likeness (QED) is 0.721.